The third-order valence-corrected chi connectivity index (χ3v) is 3.19. The Morgan fingerprint density at radius 2 is 1.91 bits per heavy atom. The number of nitrogens with one attached hydrogen (secondary N) is 2. The molecule has 0 aromatic heterocycles. The van der Waals surface area contributed by atoms with E-state index in [2.05, 4.69) is 15.6 Å². The fourth-order valence-electron chi connectivity index (χ4n) is 2.01. The fourth-order valence-corrected chi connectivity index (χ4v) is 2.01. The van der Waals surface area contributed by atoms with Crippen LogP contribution >= 0.6 is 0 Å². The average Bonchev–Trinajstić information content (AvgIpc) is 2.56. The molecule has 0 fully saturated rings. The number of benzene rings is 2. The van der Waals surface area contributed by atoms with Crippen molar-refractivity contribution >= 4 is 5.96 Å². The average molecular weight is 314 g/mol. The van der Waals surface area contributed by atoms with Crippen molar-refractivity contribution in [2.45, 2.75) is 13.1 Å². The summed E-state index contributed by atoms with van der Waals surface area (Å²) in [6.07, 6.45) is 0. The maximum absolute atomic E-state index is 13.7. The second-order valence-corrected chi connectivity index (χ2v) is 4.83. The van der Waals surface area contributed by atoms with Gasteiger partial charge < -0.3 is 10.6 Å². The van der Waals surface area contributed by atoms with E-state index in [-0.39, 0.29) is 12.4 Å². The Morgan fingerprint density at radius 1 is 1.13 bits per heavy atom. The largest absolute Gasteiger partial charge is 0.352 e. The summed E-state index contributed by atoms with van der Waals surface area (Å²) in [5, 5.41) is 14.8. The van der Waals surface area contributed by atoms with Crippen molar-refractivity contribution in [1.82, 2.24) is 10.6 Å². The predicted octanol–water partition coefficient (Wildman–Crippen LogP) is 2.70. The van der Waals surface area contributed by atoms with E-state index < -0.39 is 5.82 Å². The Bertz CT molecular complexity index is 750. The molecular formula is C17H16F2N4. The van der Waals surface area contributed by atoms with Gasteiger partial charge in [0.2, 0.25) is 0 Å². The topological polar surface area (TPSA) is 60.2 Å². The van der Waals surface area contributed by atoms with Crippen molar-refractivity contribution in [1.29, 1.82) is 5.26 Å². The number of rotatable bonds is 4. The van der Waals surface area contributed by atoms with Crippen molar-refractivity contribution in [3.8, 4) is 6.07 Å². The molecular weight excluding hydrogens is 298 g/mol. The molecule has 0 spiro atoms. The molecule has 0 amide bonds. The molecule has 2 N–H and O–H groups in total. The lowest BCUT2D eigenvalue weighted by atomic mass is 10.1. The summed E-state index contributed by atoms with van der Waals surface area (Å²) in [4.78, 5) is 4.03. The van der Waals surface area contributed by atoms with Gasteiger partial charge in [-0.15, -0.1) is 0 Å². The first-order valence-corrected chi connectivity index (χ1v) is 7.00. The summed E-state index contributed by atoms with van der Waals surface area (Å²) in [5.74, 6) is -0.240. The van der Waals surface area contributed by atoms with Gasteiger partial charge in [0.25, 0.3) is 0 Å². The number of nitriles is 1. The zero-order valence-corrected chi connectivity index (χ0v) is 12.6. The molecule has 0 aliphatic carbocycles. The van der Waals surface area contributed by atoms with Crippen LogP contribution in [0.4, 0.5) is 8.78 Å². The highest BCUT2D eigenvalue weighted by molar-refractivity contribution is 5.79. The Balaban J connectivity index is 1.94. The first-order chi connectivity index (χ1) is 11.1. The van der Waals surface area contributed by atoms with E-state index in [9.17, 15) is 8.78 Å². The lowest BCUT2D eigenvalue weighted by Crippen LogP contribution is -2.36. The highest BCUT2D eigenvalue weighted by Gasteiger charge is 2.05. The van der Waals surface area contributed by atoms with E-state index in [0.717, 1.165) is 5.56 Å². The summed E-state index contributed by atoms with van der Waals surface area (Å²) in [5.41, 5.74) is 1.54. The van der Waals surface area contributed by atoms with Crippen LogP contribution in [0.25, 0.3) is 0 Å². The van der Waals surface area contributed by atoms with Crippen LogP contribution in [0.1, 0.15) is 16.7 Å². The molecule has 0 saturated heterocycles. The van der Waals surface area contributed by atoms with Crippen LogP contribution in [0.15, 0.2) is 47.5 Å². The quantitative estimate of drug-likeness (QED) is 0.674. The van der Waals surface area contributed by atoms with E-state index in [1.807, 2.05) is 6.07 Å². The molecule has 0 aliphatic rings. The number of halogens is 2. The molecule has 0 heterocycles. The predicted molar refractivity (Wildman–Crippen MR) is 84.6 cm³/mol. The SMILES string of the molecule is CN=C(NCc1cccc(F)c1)NCc1cc(C#N)ccc1F. The Morgan fingerprint density at radius 3 is 2.61 bits per heavy atom. The summed E-state index contributed by atoms with van der Waals surface area (Å²) >= 11 is 0. The summed E-state index contributed by atoms with van der Waals surface area (Å²) in [7, 11) is 1.59. The van der Waals surface area contributed by atoms with Gasteiger partial charge in [-0.2, -0.15) is 5.26 Å². The van der Waals surface area contributed by atoms with Gasteiger partial charge in [-0.05, 0) is 35.9 Å². The van der Waals surface area contributed by atoms with Gasteiger partial charge in [0.1, 0.15) is 11.6 Å². The van der Waals surface area contributed by atoms with Crippen LogP contribution in [-0.4, -0.2) is 13.0 Å². The van der Waals surface area contributed by atoms with Gasteiger partial charge in [-0.3, -0.25) is 4.99 Å². The monoisotopic (exact) mass is 314 g/mol. The lowest BCUT2D eigenvalue weighted by molar-refractivity contribution is 0.604. The Hall–Kier alpha value is -2.94. The molecule has 6 heteroatoms. The minimum atomic E-state index is -0.392. The number of aliphatic imine (C=N–C) groups is 1. The zero-order valence-electron chi connectivity index (χ0n) is 12.6. The van der Waals surface area contributed by atoms with Crippen molar-refractivity contribution in [2.75, 3.05) is 7.05 Å². The van der Waals surface area contributed by atoms with Crippen LogP contribution in [0.5, 0.6) is 0 Å². The molecule has 4 nitrogen and oxygen atoms in total. The standard InChI is InChI=1S/C17H16F2N4/c1-21-17(22-10-13-3-2-4-15(18)8-13)23-11-14-7-12(9-20)5-6-16(14)19/h2-8H,10-11H2,1H3,(H2,21,22,23). The van der Waals surface area contributed by atoms with Gasteiger partial charge >= 0.3 is 0 Å². The Kier molecular flexibility index (Phi) is 5.64. The van der Waals surface area contributed by atoms with Gasteiger partial charge in [0.15, 0.2) is 5.96 Å². The minimum Gasteiger partial charge on any atom is -0.352 e. The summed E-state index contributed by atoms with van der Waals surface area (Å²) < 4.78 is 26.8. The van der Waals surface area contributed by atoms with Crippen molar-refractivity contribution in [3.63, 3.8) is 0 Å². The second-order valence-electron chi connectivity index (χ2n) is 4.83. The van der Waals surface area contributed by atoms with E-state index >= 15 is 0 Å². The molecule has 2 rings (SSSR count). The van der Waals surface area contributed by atoms with Crippen molar-refractivity contribution in [2.24, 2.45) is 4.99 Å². The zero-order chi connectivity index (χ0) is 16.7. The summed E-state index contributed by atoms with van der Waals surface area (Å²) in [6, 6.07) is 12.4. The van der Waals surface area contributed by atoms with Gasteiger partial charge in [-0.1, -0.05) is 12.1 Å². The smallest absolute Gasteiger partial charge is 0.191 e. The third-order valence-electron chi connectivity index (χ3n) is 3.19. The molecule has 2 aromatic rings. The minimum absolute atomic E-state index is 0.185. The van der Waals surface area contributed by atoms with E-state index in [1.54, 1.807) is 19.2 Å². The normalized spacial score (nSPS) is 11.0. The van der Waals surface area contributed by atoms with Crippen molar-refractivity contribution < 1.29 is 8.78 Å². The summed E-state index contributed by atoms with van der Waals surface area (Å²) in [6.45, 7) is 0.572. The van der Waals surface area contributed by atoms with Gasteiger partial charge in [0.05, 0.1) is 11.6 Å². The maximum atomic E-state index is 13.7. The second kappa shape index (κ2) is 7.90. The Labute approximate surface area is 133 Å². The van der Waals surface area contributed by atoms with Gasteiger partial charge in [0, 0.05) is 25.7 Å². The van der Waals surface area contributed by atoms with Crippen molar-refractivity contribution in [3.05, 3.63) is 70.8 Å². The molecule has 0 radical (unpaired) electrons. The maximum Gasteiger partial charge on any atom is 0.191 e. The molecule has 0 saturated carbocycles. The number of hydrogen-bond donors (Lipinski definition) is 2. The molecule has 0 bridgehead atoms. The molecule has 0 aliphatic heterocycles. The molecule has 0 atom stereocenters. The van der Waals surface area contributed by atoms with E-state index in [1.165, 1.54) is 30.3 Å². The van der Waals surface area contributed by atoms with E-state index in [0.29, 0.717) is 23.6 Å². The van der Waals surface area contributed by atoms with Crippen LogP contribution < -0.4 is 10.6 Å². The number of guanidine groups is 1. The first-order valence-electron chi connectivity index (χ1n) is 7.00. The third kappa shape index (κ3) is 4.78. The molecule has 23 heavy (non-hydrogen) atoms. The van der Waals surface area contributed by atoms with Crippen LogP contribution in [0, 0.1) is 23.0 Å². The lowest BCUT2D eigenvalue weighted by Gasteiger charge is -2.12. The molecule has 118 valence electrons. The highest BCUT2D eigenvalue weighted by Crippen LogP contribution is 2.09. The van der Waals surface area contributed by atoms with Crippen LogP contribution in [-0.2, 0) is 13.1 Å². The van der Waals surface area contributed by atoms with Crippen LogP contribution in [0.2, 0.25) is 0 Å². The van der Waals surface area contributed by atoms with Crippen LogP contribution in [0.3, 0.4) is 0 Å². The number of hydrogen-bond acceptors (Lipinski definition) is 2. The fraction of sp³-hybridized carbons (Fsp3) is 0.176. The number of nitrogens with zero attached hydrogens (tertiary/aromatic N) is 2. The van der Waals surface area contributed by atoms with E-state index in [4.69, 9.17) is 5.26 Å². The highest BCUT2D eigenvalue weighted by atomic mass is 19.1. The molecule has 2 aromatic carbocycles. The van der Waals surface area contributed by atoms with Gasteiger partial charge in [-0.25, -0.2) is 8.78 Å². The first kappa shape index (κ1) is 16.4. The molecule has 0 unspecified atom stereocenters.